The highest BCUT2D eigenvalue weighted by molar-refractivity contribution is 6.21. The Kier molecular flexibility index (Phi) is 3.77. The van der Waals surface area contributed by atoms with E-state index in [0.717, 1.165) is 12.8 Å². The number of fused-ring (bicyclic) bond motifs is 1. The monoisotopic (exact) mass is 247 g/mol. The van der Waals surface area contributed by atoms with Gasteiger partial charge in [0.2, 0.25) is 0 Å². The molecule has 0 aromatic heterocycles. The molecule has 1 heterocycles. The Morgan fingerprint density at radius 1 is 1.11 bits per heavy atom. The lowest BCUT2D eigenvalue weighted by Crippen LogP contribution is -2.30. The van der Waals surface area contributed by atoms with E-state index in [9.17, 15) is 9.59 Å². The first kappa shape index (κ1) is 12.8. The zero-order valence-corrected chi connectivity index (χ0v) is 10.4. The molecule has 1 aliphatic heterocycles. The Bertz CT molecular complexity index is 433. The summed E-state index contributed by atoms with van der Waals surface area (Å²) in [6.07, 6.45) is 1.91. The van der Waals surface area contributed by atoms with Crippen molar-refractivity contribution in [2.45, 2.75) is 32.3 Å². The van der Waals surface area contributed by atoms with Crippen molar-refractivity contribution in [3.63, 3.8) is 0 Å². The molecule has 1 unspecified atom stereocenters. The summed E-state index contributed by atoms with van der Waals surface area (Å²) in [6.45, 7) is 2.17. The highest BCUT2D eigenvalue weighted by Crippen LogP contribution is 2.22. The molecular weight excluding hydrogens is 230 g/mol. The number of amides is 2. The predicted octanol–water partition coefficient (Wildman–Crippen LogP) is 1.83. The van der Waals surface area contributed by atoms with Crippen molar-refractivity contribution in [2.24, 2.45) is 0 Å². The Morgan fingerprint density at radius 2 is 1.67 bits per heavy atom. The SMILES string of the molecule is CC(O)CCCCN1C(=O)c2ccccc2C1=O. The van der Waals surface area contributed by atoms with Crippen LogP contribution < -0.4 is 0 Å². The summed E-state index contributed by atoms with van der Waals surface area (Å²) >= 11 is 0. The number of carbonyl (C=O) groups excluding carboxylic acids is 2. The van der Waals surface area contributed by atoms with E-state index in [1.165, 1.54) is 4.90 Å². The smallest absolute Gasteiger partial charge is 0.261 e. The van der Waals surface area contributed by atoms with Crippen LogP contribution in [0.4, 0.5) is 0 Å². The maximum Gasteiger partial charge on any atom is 0.261 e. The van der Waals surface area contributed by atoms with Gasteiger partial charge >= 0.3 is 0 Å². The topological polar surface area (TPSA) is 57.6 Å². The van der Waals surface area contributed by atoms with Crippen LogP contribution in [0.15, 0.2) is 24.3 Å². The molecule has 96 valence electrons. The molecule has 0 aliphatic carbocycles. The van der Waals surface area contributed by atoms with Crippen LogP contribution in [0.1, 0.15) is 46.9 Å². The Balaban J connectivity index is 1.97. The molecule has 0 spiro atoms. The number of hydrogen-bond donors (Lipinski definition) is 1. The van der Waals surface area contributed by atoms with E-state index in [-0.39, 0.29) is 17.9 Å². The van der Waals surface area contributed by atoms with Gasteiger partial charge in [0, 0.05) is 6.54 Å². The summed E-state index contributed by atoms with van der Waals surface area (Å²) in [5.41, 5.74) is 0.996. The van der Waals surface area contributed by atoms with E-state index >= 15 is 0 Å². The van der Waals surface area contributed by atoms with Crippen LogP contribution in [0, 0.1) is 0 Å². The third kappa shape index (κ3) is 2.43. The second-order valence-corrected chi connectivity index (χ2v) is 4.65. The van der Waals surface area contributed by atoms with E-state index in [1.807, 2.05) is 0 Å². The van der Waals surface area contributed by atoms with Gasteiger partial charge in [-0.1, -0.05) is 12.1 Å². The van der Waals surface area contributed by atoms with Crippen LogP contribution in [-0.2, 0) is 0 Å². The number of rotatable bonds is 5. The average molecular weight is 247 g/mol. The van der Waals surface area contributed by atoms with Crippen molar-refractivity contribution in [2.75, 3.05) is 6.54 Å². The van der Waals surface area contributed by atoms with Gasteiger partial charge in [0.1, 0.15) is 0 Å². The van der Waals surface area contributed by atoms with E-state index in [0.29, 0.717) is 24.1 Å². The molecule has 2 rings (SSSR count). The quantitative estimate of drug-likeness (QED) is 0.638. The Morgan fingerprint density at radius 3 is 2.17 bits per heavy atom. The van der Waals surface area contributed by atoms with E-state index < -0.39 is 0 Å². The molecule has 0 bridgehead atoms. The summed E-state index contributed by atoms with van der Waals surface area (Å²) in [6, 6.07) is 6.90. The molecule has 2 amide bonds. The predicted molar refractivity (Wildman–Crippen MR) is 67.3 cm³/mol. The number of imide groups is 1. The maximum absolute atomic E-state index is 12.0. The molecule has 1 aliphatic rings. The molecule has 18 heavy (non-hydrogen) atoms. The first-order valence-corrected chi connectivity index (χ1v) is 6.24. The van der Waals surface area contributed by atoms with Crippen molar-refractivity contribution in [1.29, 1.82) is 0 Å². The minimum absolute atomic E-state index is 0.201. The van der Waals surface area contributed by atoms with Crippen molar-refractivity contribution in [3.8, 4) is 0 Å². The lowest BCUT2D eigenvalue weighted by Gasteiger charge is -2.13. The highest BCUT2D eigenvalue weighted by Gasteiger charge is 2.34. The lowest BCUT2D eigenvalue weighted by molar-refractivity contribution is 0.0650. The second-order valence-electron chi connectivity index (χ2n) is 4.65. The third-order valence-corrected chi connectivity index (χ3v) is 3.13. The van der Waals surface area contributed by atoms with Gasteiger partial charge in [-0.05, 0) is 38.3 Å². The van der Waals surface area contributed by atoms with Crippen molar-refractivity contribution >= 4 is 11.8 Å². The zero-order valence-electron chi connectivity index (χ0n) is 10.4. The van der Waals surface area contributed by atoms with Gasteiger partial charge in [-0.3, -0.25) is 14.5 Å². The van der Waals surface area contributed by atoms with Crippen molar-refractivity contribution in [1.82, 2.24) is 4.90 Å². The average Bonchev–Trinajstić information content (AvgIpc) is 2.59. The number of aliphatic hydroxyl groups is 1. The summed E-state index contributed by atoms with van der Waals surface area (Å²) in [7, 11) is 0. The fourth-order valence-corrected chi connectivity index (χ4v) is 2.15. The van der Waals surface area contributed by atoms with Gasteiger partial charge in [-0.2, -0.15) is 0 Å². The van der Waals surface area contributed by atoms with E-state index in [1.54, 1.807) is 31.2 Å². The minimum Gasteiger partial charge on any atom is -0.393 e. The second kappa shape index (κ2) is 5.31. The Hall–Kier alpha value is -1.68. The van der Waals surface area contributed by atoms with Crippen LogP contribution >= 0.6 is 0 Å². The number of aliphatic hydroxyl groups excluding tert-OH is 1. The van der Waals surface area contributed by atoms with Gasteiger partial charge in [0.05, 0.1) is 17.2 Å². The van der Waals surface area contributed by atoms with Gasteiger partial charge in [0.25, 0.3) is 11.8 Å². The molecule has 4 heteroatoms. The van der Waals surface area contributed by atoms with Crippen molar-refractivity contribution < 1.29 is 14.7 Å². The van der Waals surface area contributed by atoms with Crippen LogP contribution in [-0.4, -0.2) is 34.5 Å². The number of benzene rings is 1. The first-order chi connectivity index (χ1) is 8.61. The summed E-state index contributed by atoms with van der Waals surface area (Å²) in [5, 5.41) is 9.14. The number of carbonyl (C=O) groups is 2. The van der Waals surface area contributed by atoms with Crippen LogP contribution in [0.2, 0.25) is 0 Å². The number of nitrogens with zero attached hydrogens (tertiary/aromatic N) is 1. The van der Waals surface area contributed by atoms with Gasteiger partial charge < -0.3 is 5.11 Å². The van der Waals surface area contributed by atoms with Crippen LogP contribution in [0.5, 0.6) is 0 Å². The summed E-state index contributed by atoms with van der Waals surface area (Å²) in [4.78, 5) is 25.3. The normalized spacial score (nSPS) is 16.0. The van der Waals surface area contributed by atoms with Crippen LogP contribution in [0.25, 0.3) is 0 Å². The van der Waals surface area contributed by atoms with Gasteiger partial charge in [0.15, 0.2) is 0 Å². The Labute approximate surface area is 106 Å². The molecule has 1 aromatic carbocycles. The van der Waals surface area contributed by atoms with Gasteiger partial charge in [-0.25, -0.2) is 0 Å². The molecule has 0 fully saturated rings. The number of hydrogen-bond acceptors (Lipinski definition) is 3. The molecule has 1 aromatic rings. The van der Waals surface area contributed by atoms with Gasteiger partial charge in [-0.15, -0.1) is 0 Å². The van der Waals surface area contributed by atoms with Crippen LogP contribution in [0.3, 0.4) is 0 Å². The van der Waals surface area contributed by atoms with E-state index in [4.69, 9.17) is 5.11 Å². The third-order valence-electron chi connectivity index (χ3n) is 3.13. The molecular formula is C14H17NO3. The fourth-order valence-electron chi connectivity index (χ4n) is 2.15. The lowest BCUT2D eigenvalue weighted by atomic mass is 10.1. The molecule has 4 nitrogen and oxygen atoms in total. The minimum atomic E-state index is -0.327. The molecule has 1 N–H and O–H groups in total. The van der Waals surface area contributed by atoms with Crippen molar-refractivity contribution in [3.05, 3.63) is 35.4 Å². The fraction of sp³-hybridized carbons (Fsp3) is 0.429. The zero-order chi connectivity index (χ0) is 13.1. The highest BCUT2D eigenvalue weighted by atomic mass is 16.3. The summed E-state index contributed by atoms with van der Waals surface area (Å²) in [5.74, 6) is -0.403. The molecule has 0 saturated heterocycles. The standard InChI is InChI=1S/C14H17NO3/c1-10(16)6-4-5-9-15-13(17)11-7-2-3-8-12(11)14(15)18/h2-3,7-8,10,16H,4-6,9H2,1H3. The summed E-state index contributed by atoms with van der Waals surface area (Å²) < 4.78 is 0. The molecule has 0 saturated carbocycles. The van der Waals surface area contributed by atoms with E-state index in [2.05, 4.69) is 0 Å². The maximum atomic E-state index is 12.0. The first-order valence-electron chi connectivity index (χ1n) is 6.24. The molecule has 1 atom stereocenters. The largest absolute Gasteiger partial charge is 0.393 e. The molecule has 0 radical (unpaired) electrons. The number of unbranched alkanes of at least 4 members (excludes halogenated alkanes) is 1.